The van der Waals surface area contributed by atoms with Crippen LogP contribution in [-0.2, 0) is 13.2 Å². The summed E-state index contributed by atoms with van der Waals surface area (Å²) in [6, 6.07) is 17.1. The maximum absolute atomic E-state index is 6.05. The molecule has 0 bridgehead atoms. The number of rotatable bonds is 7. The van der Waals surface area contributed by atoms with Gasteiger partial charge in [0.1, 0.15) is 13.2 Å². The van der Waals surface area contributed by atoms with E-state index in [1.54, 1.807) is 7.11 Å². The highest BCUT2D eigenvalue weighted by atomic mass is 16.5. The lowest BCUT2D eigenvalue weighted by Gasteiger charge is -2.14. The van der Waals surface area contributed by atoms with Crippen molar-refractivity contribution in [2.24, 2.45) is 0 Å². The Morgan fingerprint density at radius 3 is 2.57 bits per heavy atom. The predicted octanol–water partition coefficient (Wildman–Crippen LogP) is 2.50. The van der Waals surface area contributed by atoms with Gasteiger partial charge in [-0.05, 0) is 17.7 Å². The van der Waals surface area contributed by atoms with Crippen LogP contribution in [0.25, 0.3) is 0 Å². The summed E-state index contributed by atoms with van der Waals surface area (Å²) in [4.78, 5) is 0. The van der Waals surface area contributed by atoms with Crippen molar-refractivity contribution in [3.8, 4) is 11.5 Å². The van der Waals surface area contributed by atoms with Gasteiger partial charge < -0.3 is 14.8 Å². The van der Waals surface area contributed by atoms with Crippen molar-refractivity contribution in [3.63, 3.8) is 0 Å². The summed E-state index contributed by atoms with van der Waals surface area (Å²) in [6.45, 7) is 1.52. The van der Waals surface area contributed by atoms with Crippen molar-refractivity contribution < 1.29 is 14.8 Å². The van der Waals surface area contributed by atoms with Gasteiger partial charge in [0, 0.05) is 12.8 Å². The second-order valence-electron chi connectivity index (χ2n) is 5.50. The minimum absolute atomic E-state index is 0.567. The molecule has 2 aromatic rings. The Morgan fingerprint density at radius 1 is 1.05 bits per heavy atom. The first kappa shape index (κ1) is 14.0. The standard InChI is InChI=1S/C18H21NO2/c1-20-17-9-5-8-15(12-19-16-10-11-16)18(17)21-13-14-6-3-2-4-7-14/h2-9,16,19H,10-13H2,1H3/p+1. The highest BCUT2D eigenvalue weighted by molar-refractivity contribution is 5.46. The predicted molar refractivity (Wildman–Crippen MR) is 82.4 cm³/mol. The number of benzene rings is 2. The third-order valence-corrected chi connectivity index (χ3v) is 3.80. The zero-order valence-electron chi connectivity index (χ0n) is 12.4. The molecule has 1 fully saturated rings. The van der Waals surface area contributed by atoms with Gasteiger partial charge in [-0.3, -0.25) is 0 Å². The van der Waals surface area contributed by atoms with Crippen molar-refractivity contribution in [2.75, 3.05) is 7.11 Å². The first-order chi connectivity index (χ1) is 10.4. The summed E-state index contributed by atoms with van der Waals surface area (Å²) >= 11 is 0. The van der Waals surface area contributed by atoms with Crippen LogP contribution in [0.15, 0.2) is 48.5 Å². The topological polar surface area (TPSA) is 35.1 Å². The molecule has 0 radical (unpaired) electrons. The summed E-state index contributed by atoms with van der Waals surface area (Å²) in [6.07, 6.45) is 2.67. The van der Waals surface area contributed by atoms with Gasteiger partial charge in [-0.25, -0.2) is 0 Å². The zero-order valence-corrected chi connectivity index (χ0v) is 12.4. The van der Waals surface area contributed by atoms with Crippen LogP contribution in [0.4, 0.5) is 0 Å². The smallest absolute Gasteiger partial charge is 0.170 e. The van der Waals surface area contributed by atoms with E-state index in [0.29, 0.717) is 6.61 Å². The van der Waals surface area contributed by atoms with Gasteiger partial charge >= 0.3 is 0 Å². The van der Waals surface area contributed by atoms with Crippen molar-refractivity contribution in [1.82, 2.24) is 0 Å². The monoisotopic (exact) mass is 284 g/mol. The zero-order chi connectivity index (χ0) is 14.5. The number of methoxy groups -OCH3 is 1. The maximum Gasteiger partial charge on any atom is 0.170 e. The highest BCUT2D eigenvalue weighted by Gasteiger charge is 2.25. The van der Waals surface area contributed by atoms with Crippen molar-refractivity contribution in [1.29, 1.82) is 0 Å². The second-order valence-corrected chi connectivity index (χ2v) is 5.50. The molecular weight excluding hydrogens is 262 g/mol. The minimum atomic E-state index is 0.567. The van der Waals surface area contributed by atoms with Crippen LogP contribution in [0.5, 0.6) is 11.5 Å². The van der Waals surface area contributed by atoms with E-state index in [1.807, 2.05) is 30.3 Å². The lowest BCUT2D eigenvalue weighted by molar-refractivity contribution is -0.683. The molecule has 0 saturated heterocycles. The Kier molecular flexibility index (Phi) is 4.41. The molecule has 0 unspecified atom stereocenters. The summed E-state index contributed by atoms with van der Waals surface area (Å²) in [7, 11) is 1.69. The van der Waals surface area contributed by atoms with E-state index in [-0.39, 0.29) is 0 Å². The van der Waals surface area contributed by atoms with Gasteiger partial charge in [0.15, 0.2) is 11.5 Å². The highest BCUT2D eigenvalue weighted by Crippen LogP contribution is 2.31. The Bertz CT molecular complexity index is 579. The van der Waals surface area contributed by atoms with Crippen LogP contribution in [0, 0.1) is 0 Å². The van der Waals surface area contributed by atoms with Crippen LogP contribution < -0.4 is 14.8 Å². The summed E-state index contributed by atoms with van der Waals surface area (Å²) in [5.41, 5.74) is 2.37. The molecule has 21 heavy (non-hydrogen) atoms. The number of hydrogen-bond acceptors (Lipinski definition) is 2. The fraction of sp³-hybridized carbons (Fsp3) is 0.333. The van der Waals surface area contributed by atoms with E-state index < -0.39 is 0 Å². The Balaban J connectivity index is 1.73. The molecule has 2 N–H and O–H groups in total. The molecule has 0 amide bonds. The number of quaternary nitrogens is 1. The summed E-state index contributed by atoms with van der Waals surface area (Å²) in [5, 5.41) is 2.39. The molecule has 0 atom stereocenters. The molecule has 0 aliphatic heterocycles. The Morgan fingerprint density at radius 2 is 1.86 bits per heavy atom. The van der Waals surface area contributed by atoms with E-state index in [9.17, 15) is 0 Å². The molecule has 1 aliphatic carbocycles. The fourth-order valence-electron chi connectivity index (χ4n) is 2.40. The van der Waals surface area contributed by atoms with E-state index >= 15 is 0 Å². The Labute approximate surface area is 125 Å². The quantitative estimate of drug-likeness (QED) is 0.848. The van der Waals surface area contributed by atoms with E-state index in [1.165, 1.54) is 24.0 Å². The Hall–Kier alpha value is -2.00. The van der Waals surface area contributed by atoms with Crippen LogP contribution in [0.3, 0.4) is 0 Å². The SMILES string of the molecule is COc1cccc(C[NH2+]C2CC2)c1OCc1ccccc1. The minimum Gasteiger partial charge on any atom is -0.493 e. The van der Waals surface area contributed by atoms with Crippen molar-refractivity contribution in [3.05, 3.63) is 59.7 Å². The molecule has 3 rings (SSSR count). The first-order valence-electron chi connectivity index (χ1n) is 7.53. The van der Waals surface area contributed by atoms with E-state index in [0.717, 1.165) is 24.1 Å². The molecule has 0 spiro atoms. The van der Waals surface area contributed by atoms with E-state index in [2.05, 4.69) is 23.5 Å². The number of para-hydroxylation sites is 1. The summed E-state index contributed by atoms with van der Waals surface area (Å²) < 4.78 is 11.5. The van der Waals surface area contributed by atoms with E-state index in [4.69, 9.17) is 9.47 Å². The maximum atomic E-state index is 6.05. The largest absolute Gasteiger partial charge is 0.493 e. The average Bonchev–Trinajstić information content (AvgIpc) is 3.36. The molecule has 2 aromatic carbocycles. The number of ether oxygens (including phenoxy) is 2. The third-order valence-electron chi connectivity index (χ3n) is 3.80. The lowest BCUT2D eigenvalue weighted by atomic mass is 10.1. The molecule has 0 aromatic heterocycles. The molecule has 3 heteroatoms. The second kappa shape index (κ2) is 6.64. The number of nitrogens with two attached hydrogens (primary N) is 1. The van der Waals surface area contributed by atoms with Crippen LogP contribution in [-0.4, -0.2) is 13.2 Å². The van der Waals surface area contributed by atoms with Crippen LogP contribution >= 0.6 is 0 Å². The first-order valence-corrected chi connectivity index (χ1v) is 7.53. The molecule has 0 heterocycles. The molecule has 3 nitrogen and oxygen atoms in total. The van der Waals surface area contributed by atoms with Crippen LogP contribution in [0.1, 0.15) is 24.0 Å². The van der Waals surface area contributed by atoms with Gasteiger partial charge in [-0.2, -0.15) is 0 Å². The fourth-order valence-corrected chi connectivity index (χ4v) is 2.40. The van der Waals surface area contributed by atoms with Crippen molar-refractivity contribution >= 4 is 0 Å². The van der Waals surface area contributed by atoms with Gasteiger partial charge in [0.05, 0.1) is 18.7 Å². The van der Waals surface area contributed by atoms with Gasteiger partial charge in [0.25, 0.3) is 0 Å². The average molecular weight is 284 g/mol. The molecular formula is C18H22NO2+. The normalized spacial score (nSPS) is 14.0. The van der Waals surface area contributed by atoms with Gasteiger partial charge in [0.2, 0.25) is 0 Å². The van der Waals surface area contributed by atoms with Gasteiger partial charge in [-0.1, -0.05) is 36.4 Å². The third kappa shape index (κ3) is 3.76. The number of hydrogen-bond donors (Lipinski definition) is 1. The molecule has 1 saturated carbocycles. The molecule has 1 aliphatic rings. The van der Waals surface area contributed by atoms with Crippen LogP contribution in [0.2, 0.25) is 0 Å². The van der Waals surface area contributed by atoms with Crippen molar-refractivity contribution in [2.45, 2.75) is 32.0 Å². The summed E-state index contributed by atoms with van der Waals surface area (Å²) in [5.74, 6) is 1.69. The van der Waals surface area contributed by atoms with Gasteiger partial charge in [-0.15, -0.1) is 0 Å². The lowest BCUT2D eigenvalue weighted by Crippen LogP contribution is -2.84. The molecule has 110 valence electrons.